The van der Waals surface area contributed by atoms with E-state index in [2.05, 4.69) is 4.98 Å². The molecule has 0 aliphatic heterocycles. The number of aryl methyl sites for hydroxylation is 1. The molecule has 1 aromatic heterocycles. The van der Waals surface area contributed by atoms with Gasteiger partial charge in [-0.15, -0.1) is 0 Å². The number of carboxylic acid groups (broad SMARTS) is 1. The van der Waals surface area contributed by atoms with E-state index < -0.39 is 12.0 Å². The molecule has 0 fully saturated rings. The number of hydrogen-bond acceptors (Lipinski definition) is 5. The van der Waals surface area contributed by atoms with Crippen molar-refractivity contribution in [3.63, 3.8) is 0 Å². The van der Waals surface area contributed by atoms with Crippen LogP contribution in [-0.4, -0.2) is 34.4 Å². The molecule has 0 radical (unpaired) electrons. The van der Waals surface area contributed by atoms with E-state index in [1.54, 1.807) is 0 Å². The topological polar surface area (TPSA) is 84.9 Å². The summed E-state index contributed by atoms with van der Waals surface area (Å²) in [4.78, 5) is 22.1. The van der Waals surface area contributed by atoms with Gasteiger partial charge in [0.2, 0.25) is 5.89 Å². The van der Waals surface area contributed by atoms with E-state index in [1.807, 2.05) is 134 Å². The van der Waals surface area contributed by atoms with Crippen LogP contribution in [0.1, 0.15) is 28.1 Å². The number of ether oxygens (including phenoxy) is 1. The molecule has 1 unspecified atom stereocenters. The number of carboxylic acids is 1. The number of rotatable bonds is 11. The van der Waals surface area contributed by atoms with Gasteiger partial charge in [0.05, 0.1) is 18.0 Å². The molecule has 0 saturated heterocycles. The highest BCUT2D eigenvalue weighted by atomic mass is 16.5. The first kappa shape index (κ1) is 28.6. The van der Waals surface area contributed by atoms with Crippen molar-refractivity contribution in [1.82, 2.24) is 4.98 Å². The van der Waals surface area contributed by atoms with Gasteiger partial charge in [-0.25, -0.2) is 9.78 Å². The van der Waals surface area contributed by atoms with Gasteiger partial charge in [0, 0.05) is 34.9 Å². The predicted octanol–water partition coefficient (Wildman–Crippen LogP) is 7.96. The fourth-order valence-electron chi connectivity index (χ4n) is 5.32. The lowest BCUT2D eigenvalue weighted by atomic mass is 9.97. The van der Waals surface area contributed by atoms with Crippen LogP contribution >= 0.6 is 0 Å². The van der Waals surface area contributed by atoms with E-state index >= 15 is 0 Å². The highest BCUT2D eigenvalue weighted by molar-refractivity contribution is 6.13. The summed E-state index contributed by atoms with van der Waals surface area (Å²) in [7, 11) is 0. The Balaban J connectivity index is 1.24. The van der Waals surface area contributed by atoms with Crippen molar-refractivity contribution in [3.05, 3.63) is 156 Å². The number of carbonyl (C=O) groups is 1. The Labute approximate surface area is 256 Å². The van der Waals surface area contributed by atoms with E-state index in [1.165, 1.54) is 0 Å². The standard InChI is InChI=1S/C38H32N2O4/c1-26-33(40-37(44-26)29-17-9-4-10-18-29)23-24-43-35-22-21-30(31-19-11-12-20-32(31)35)25-34(38(41)42)39-36(27-13-5-2-6-14-27)28-15-7-3-8-16-28/h2-22,34H,23-25H2,1H3,(H,41,42). The summed E-state index contributed by atoms with van der Waals surface area (Å²) in [6.45, 7) is 2.34. The second-order valence-corrected chi connectivity index (χ2v) is 10.5. The largest absolute Gasteiger partial charge is 0.493 e. The fraction of sp³-hybridized carbons (Fsp3) is 0.132. The number of hydrogen-bond donors (Lipinski definition) is 1. The second kappa shape index (κ2) is 13.2. The third kappa shape index (κ3) is 6.45. The molecule has 1 N–H and O–H groups in total. The number of fused-ring (bicyclic) bond motifs is 1. The SMILES string of the molecule is Cc1oc(-c2ccccc2)nc1CCOc1ccc(CC(N=C(c2ccccc2)c2ccccc2)C(=O)O)c2ccccc12. The number of oxazole rings is 1. The summed E-state index contributed by atoms with van der Waals surface area (Å²) in [5.74, 6) is 1.14. The first-order chi connectivity index (χ1) is 21.6. The highest BCUT2D eigenvalue weighted by Crippen LogP contribution is 2.30. The number of aliphatic imine (C=N–C) groups is 1. The zero-order valence-electron chi connectivity index (χ0n) is 24.4. The van der Waals surface area contributed by atoms with Crippen molar-refractivity contribution in [2.24, 2.45) is 4.99 Å². The van der Waals surface area contributed by atoms with E-state index in [9.17, 15) is 9.90 Å². The summed E-state index contributed by atoms with van der Waals surface area (Å²) < 4.78 is 12.2. The molecular formula is C38H32N2O4. The van der Waals surface area contributed by atoms with Gasteiger partial charge in [0.15, 0.2) is 6.04 Å². The molecule has 0 aliphatic rings. The molecule has 6 aromatic rings. The predicted molar refractivity (Wildman–Crippen MR) is 173 cm³/mol. The van der Waals surface area contributed by atoms with Crippen LogP contribution in [0, 0.1) is 6.92 Å². The zero-order valence-corrected chi connectivity index (χ0v) is 24.4. The van der Waals surface area contributed by atoms with Crippen LogP contribution in [0.2, 0.25) is 0 Å². The monoisotopic (exact) mass is 580 g/mol. The average Bonchev–Trinajstić information content (AvgIpc) is 3.44. The van der Waals surface area contributed by atoms with Crippen molar-refractivity contribution >= 4 is 22.5 Å². The van der Waals surface area contributed by atoms with Gasteiger partial charge in [-0.2, -0.15) is 0 Å². The van der Waals surface area contributed by atoms with Crippen LogP contribution in [-0.2, 0) is 17.6 Å². The van der Waals surface area contributed by atoms with Crippen molar-refractivity contribution in [2.75, 3.05) is 6.61 Å². The van der Waals surface area contributed by atoms with Crippen LogP contribution in [0.15, 0.2) is 137 Å². The van der Waals surface area contributed by atoms with Crippen LogP contribution in [0.4, 0.5) is 0 Å². The second-order valence-electron chi connectivity index (χ2n) is 10.5. The van der Waals surface area contributed by atoms with E-state index in [-0.39, 0.29) is 6.42 Å². The summed E-state index contributed by atoms with van der Waals surface area (Å²) in [5, 5.41) is 12.1. The van der Waals surface area contributed by atoms with Crippen LogP contribution in [0.5, 0.6) is 5.75 Å². The van der Waals surface area contributed by atoms with Gasteiger partial charge in [-0.3, -0.25) is 4.99 Å². The van der Waals surface area contributed by atoms with Gasteiger partial charge in [0.1, 0.15) is 11.5 Å². The number of aromatic nitrogens is 1. The van der Waals surface area contributed by atoms with Gasteiger partial charge in [-0.05, 0) is 36.1 Å². The Bertz CT molecular complexity index is 1860. The summed E-state index contributed by atoms with van der Waals surface area (Å²) in [6.07, 6.45) is 0.829. The quantitative estimate of drug-likeness (QED) is 0.157. The van der Waals surface area contributed by atoms with Gasteiger partial charge < -0.3 is 14.3 Å². The van der Waals surface area contributed by atoms with Gasteiger partial charge in [0.25, 0.3) is 0 Å². The number of nitrogens with zero attached hydrogens (tertiary/aromatic N) is 2. The maximum atomic E-state index is 12.6. The van der Waals surface area contributed by atoms with Gasteiger partial charge >= 0.3 is 5.97 Å². The Morgan fingerprint density at radius 3 is 2.02 bits per heavy atom. The highest BCUT2D eigenvalue weighted by Gasteiger charge is 2.21. The maximum absolute atomic E-state index is 12.6. The molecular weight excluding hydrogens is 548 g/mol. The van der Waals surface area contributed by atoms with Crippen molar-refractivity contribution in [2.45, 2.75) is 25.8 Å². The third-order valence-electron chi connectivity index (χ3n) is 7.56. The molecule has 5 aromatic carbocycles. The molecule has 0 bridgehead atoms. The average molecular weight is 581 g/mol. The van der Waals surface area contributed by atoms with Crippen molar-refractivity contribution in [1.29, 1.82) is 0 Å². The van der Waals surface area contributed by atoms with E-state index in [0.29, 0.717) is 24.6 Å². The van der Waals surface area contributed by atoms with Crippen molar-refractivity contribution < 1.29 is 19.1 Å². The van der Waals surface area contributed by atoms with Crippen LogP contribution < -0.4 is 4.74 Å². The lowest BCUT2D eigenvalue weighted by Gasteiger charge is -2.16. The minimum absolute atomic E-state index is 0.236. The van der Waals surface area contributed by atoms with Crippen molar-refractivity contribution in [3.8, 4) is 17.2 Å². The summed E-state index contributed by atoms with van der Waals surface area (Å²) >= 11 is 0. The number of benzene rings is 5. The van der Waals surface area contributed by atoms with Gasteiger partial charge in [-0.1, -0.05) is 109 Å². The molecule has 44 heavy (non-hydrogen) atoms. The molecule has 218 valence electrons. The first-order valence-corrected chi connectivity index (χ1v) is 14.6. The van der Waals surface area contributed by atoms with E-state index in [4.69, 9.17) is 14.1 Å². The molecule has 0 aliphatic carbocycles. The van der Waals surface area contributed by atoms with Crippen LogP contribution in [0.3, 0.4) is 0 Å². The minimum Gasteiger partial charge on any atom is -0.493 e. The van der Waals surface area contributed by atoms with E-state index in [0.717, 1.165) is 50.2 Å². The summed E-state index contributed by atoms with van der Waals surface area (Å²) in [6, 6.07) is 40.1. The molecule has 0 saturated carbocycles. The summed E-state index contributed by atoms with van der Waals surface area (Å²) in [5.41, 5.74) is 5.09. The fourth-order valence-corrected chi connectivity index (χ4v) is 5.32. The Morgan fingerprint density at radius 1 is 0.795 bits per heavy atom. The molecule has 6 rings (SSSR count). The van der Waals surface area contributed by atoms with Crippen LogP contribution in [0.25, 0.3) is 22.2 Å². The lowest BCUT2D eigenvalue weighted by Crippen LogP contribution is -2.23. The molecule has 0 spiro atoms. The molecule has 0 amide bonds. The molecule has 1 atom stereocenters. The Kier molecular flexibility index (Phi) is 8.60. The number of aliphatic carboxylic acids is 1. The normalized spacial score (nSPS) is 11.7. The lowest BCUT2D eigenvalue weighted by molar-refractivity contribution is -0.138. The maximum Gasteiger partial charge on any atom is 0.328 e. The Hall–Kier alpha value is -5.49. The molecule has 6 heteroatoms. The zero-order chi connectivity index (χ0) is 30.3. The first-order valence-electron chi connectivity index (χ1n) is 14.6. The molecule has 6 nitrogen and oxygen atoms in total. The molecule has 1 heterocycles. The Morgan fingerprint density at radius 2 is 1.39 bits per heavy atom. The minimum atomic E-state index is -0.977. The smallest absolute Gasteiger partial charge is 0.328 e. The third-order valence-corrected chi connectivity index (χ3v) is 7.56.